The number of hydrogen-bond donors (Lipinski definition) is 1. The summed E-state index contributed by atoms with van der Waals surface area (Å²) in [5.41, 5.74) is 1.23. The molecule has 2 unspecified atom stereocenters. The fourth-order valence-electron chi connectivity index (χ4n) is 2.27. The minimum Gasteiger partial charge on any atom is -0.312 e. The Morgan fingerprint density at radius 1 is 1.31 bits per heavy atom. The molecule has 1 nitrogen and oxygen atoms in total. The van der Waals surface area contributed by atoms with Gasteiger partial charge in [0.2, 0.25) is 0 Å². The van der Waals surface area contributed by atoms with Crippen molar-refractivity contribution in [3.05, 3.63) is 34.9 Å². The smallest absolute Gasteiger partial charge is 0.0409 e. The molecule has 0 aromatic heterocycles. The Kier molecular flexibility index (Phi) is 4.51. The minimum absolute atomic E-state index is 0.367. The van der Waals surface area contributed by atoms with Gasteiger partial charge in [-0.15, -0.1) is 11.6 Å². The molecular weight excluding hydrogens is 241 g/mol. The molecule has 16 heavy (non-hydrogen) atoms. The highest BCUT2D eigenvalue weighted by Gasteiger charge is 2.24. The molecule has 0 heterocycles. The van der Waals surface area contributed by atoms with Crippen LogP contribution in [0.15, 0.2) is 24.3 Å². The first-order valence-corrected chi connectivity index (χ1v) is 6.66. The summed E-state index contributed by atoms with van der Waals surface area (Å²) in [5, 5.41) is 4.63. The Bertz CT molecular complexity index is 340. The molecule has 0 saturated heterocycles. The van der Waals surface area contributed by atoms with Crippen molar-refractivity contribution in [3.63, 3.8) is 0 Å². The average molecular weight is 258 g/mol. The van der Waals surface area contributed by atoms with Crippen LogP contribution in [0.5, 0.6) is 0 Å². The Morgan fingerprint density at radius 3 is 2.88 bits per heavy atom. The van der Waals surface area contributed by atoms with E-state index in [1.54, 1.807) is 0 Å². The molecule has 88 valence electrons. The van der Waals surface area contributed by atoms with Gasteiger partial charge in [0.15, 0.2) is 0 Å². The highest BCUT2D eigenvalue weighted by molar-refractivity contribution is 6.30. The summed E-state index contributed by atoms with van der Waals surface area (Å²) in [7, 11) is 0. The maximum Gasteiger partial charge on any atom is 0.0409 e. The zero-order valence-electron chi connectivity index (χ0n) is 9.26. The van der Waals surface area contributed by atoms with Crippen LogP contribution < -0.4 is 5.32 Å². The number of nitrogens with one attached hydrogen (secondary N) is 1. The molecule has 1 aliphatic carbocycles. The zero-order valence-corrected chi connectivity index (χ0v) is 10.8. The first-order valence-electron chi connectivity index (χ1n) is 5.85. The van der Waals surface area contributed by atoms with Gasteiger partial charge in [0.1, 0.15) is 0 Å². The molecule has 1 saturated carbocycles. The van der Waals surface area contributed by atoms with Crippen LogP contribution in [0, 0.1) is 5.92 Å². The second-order valence-corrected chi connectivity index (χ2v) is 5.46. The molecule has 3 heteroatoms. The van der Waals surface area contributed by atoms with Gasteiger partial charge in [-0.3, -0.25) is 0 Å². The van der Waals surface area contributed by atoms with E-state index in [2.05, 4.69) is 11.4 Å². The molecule has 2 rings (SSSR count). The SMILES string of the molecule is Clc1cccc(CNCC2CCCC2Cl)c1. The number of benzene rings is 1. The molecule has 0 spiro atoms. The van der Waals surface area contributed by atoms with Gasteiger partial charge in [-0.05, 0) is 43.0 Å². The van der Waals surface area contributed by atoms with Gasteiger partial charge < -0.3 is 5.32 Å². The number of rotatable bonds is 4. The van der Waals surface area contributed by atoms with Crippen LogP contribution in [0.1, 0.15) is 24.8 Å². The summed E-state index contributed by atoms with van der Waals surface area (Å²) in [4.78, 5) is 0. The molecule has 0 bridgehead atoms. The summed E-state index contributed by atoms with van der Waals surface area (Å²) in [6.07, 6.45) is 3.71. The average Bonchev–Trinajstić information content (AvgIpc) is 2.65. The molecule has 0 radical (unpaired) electrons. The molecule has 2 atom stereocenters. The molecule has 1 aromatic carbocycles. The third-order valence-electron chi connectivity index (χ3n) is 3.19. The summed E-state index contributed by atoms with van der Waals surface area (Å²) in [6.45, 7) is 1.89. The van der Waals surface area contributed by atoms with Crippen LogP contribution in [0.2, 0.25) is 5.02 Å². The predicted octanol–water partition coefficient (Wildman–Crippen LogP) is 3.84. The first kappa shape index (κ1) is 12.2. The largest absolute Gasteiger partial charge is 0.312 e. The number of hydrogen-bond acceptors (Lipinski definition) is 1. The second-order valence-electron chi connectivity index (χ2n) is 4.47. The summed E-state index contributed by atoms with van der Waals surface area (Å²) in [6, 6.07) is 7.98. The molecule has 0 aliphatic heterocycles. The normalized spacial score (nSPS) is 24.9. The van der Waals surface area contributed by atoms with E-state index >= 15 is 0 Å². The third-order valence-corrected chi connectivity index (χ3v) is 4.00. The summed E-state index contributed by atoms with van der Waals surface area (Å²) in [5.74, 6) is 0.640. The number of halogens is 2. The fourth-order valence-corrected chi connectivity index (χ4v) is 2.85. The van der Waals surface area contributed by atoms with Gasteiger partial charge in [0.25, 0.3) is 0 Å². The van der Waals surface area contributed by atoms with Gasteiger partial charge in [0.05, 0.1) is 0 Å². The van der Waals surface area contributed by atoms with Crippen LogP contribution in [0.4, 0.5) is 0 Å². The van der Waals surface area contributed by atoms with Crippen molar-refractivity contribution >= 4 is 23.2 Å². The van der Waals surface area contributed by atoms with Crippen LogP contribution in [0.3, 0.4) is 0 Å². The zero-order chi connectivity index (χ0) is 11.4. The quantitative estimate of drug-likeness (QED) is 0.809. The van der Waals surface area contributed by atoms with E-state index in [4.69, 9.17) is 23.2 Å². The van der Waals surface area contributed by atoms with Gasteiger partial charge in [-0.25, -0.2) is 0 Å². The van der Waals surface area contributed by atoms with Crippen LogP contribution in [0.25, 0.3) is 0 Å². The van der Waals surface area contributed by atoms with E-state index in [-0.39, 0.29) is 0 Å². The lowest BCUT2D eigenvalue weighted by molar-refractivity contribution is 0.494. The Hall–Kier alpha value is -0.240. The molecule has 1 aliphatic rings. The van der Waals surface area contributed by atoms with Crippen molar-refractivity contribution in [2.45, 2.75) is 31.2 Å². The van der Waals surface area contributed by atoms with Gasteiger partial charge >= 0.3 is 0 Å². The van der Waals surface area contributed by atoms with E-state index in [0.29, 0.717) is 11.3 Å². The van der Waals surface area contributed by atoms with E-state index < -0.39 is 0 Å². The maximum atomic E-state index is 6.22. The van der Waals surface area contributed by atoms with Crippen molar-refractivity contribution < 1.29 is 0 Å². The lowest BCUT2D eigenvalue weighted by atomic mass is 10.1. The fraction of sp³-hybridized carbons (Fsp3) is 0.538. The Balaban J connectivity index is 1.75. The monoisotopic (exact) mass is 257 g/mol. The van der Waals surface area contributed by atoms with Crippen LogP contribution in [-0.4, -0.2) is 11.9 Å². The van der Waals surface area contributed by atoms with Crippen LogP contribution in [-0.2, 0) is 6.54 Å². The van der Waals surface area contributed by atoms with Crippen molar-refractivity contribution in [1.29, 1.82) is 0 Å². The van der Waals surface area contributed by atoms with Crippen molar-refractivity contribution in [2.75, 3.05) is 6.54 Å². The Labute approximate surface area is 107 Å². The minimum atomic E-state index is 0.367. The standard InChI is InChI=1S/C13H17Cl2N/c14-12-5-1-3-10(7-12)8-16-9-11-4-2-6-13(11)15/h1,3,5,7,11,13,16H,2,4,6,8-9H2. The van der Waals surface area contributed by atoms with E-state index in [0.717, 1.165) is 18.1 Å². The third kappa shape index (κ3) is 3.38. The van der Waals surface area contributed by atoms with E-state index in [9.17, 15) is 0 Å². The summed E-state index contributed by atoms with van der Waals surface area (Å²) >= 11 is 12.1. The van der Waals surface area contributed by atoms with Crippen molar-refractivity contribution in [1.82, 2.24) is 5.32 Å². The molecular formula is C13H17Cl2N. The van der Waals surface area contributed by atoms with Gasteiger partial charge in [-0.2, -0.15) is 0 Å². The molecule has 1 N–H and O–H groups in total. The molecule has 0 amide bonds. The predicted molar refractivity (Wildman–Crippen MR) is 70.1 cm³/mol. The number of alkyl halides is 1. The van der Waals surface area contributed by atoms with E-state index in [1.807, 2.05) is 18.2 Å². The van der Waals surface area contributed by atoms with Crippen molar-refractivity contribution in [3.8, 4) is 0 Å². The van der Waals surface area contributed by atoms with Crippen LogP contribution >= 0.6 is 23.2 Å². The lowest BCUT2D eigenvalue weighted by Gasteiger charge is -2.14. The van der Waals surface area contributed by atoms with Gasteiger partial charge in [-0.1, -0.05) is 30.2 Å². The Morgan fingerprint density at radius 2 is 2.19 bits per heavy atom. The lowest BCUT2D eigenvalue weighted by Crippen LogP contribution is -2.25. The maximum absolute atomic E-state index is 6.22. The highest BCUT2D eigenvalue weighted by atomic mass is 35.5. The van der Waals surface area contributed by atoms with E-state index in [1.165, 1.54) is 24.8 Å². The van der Waals surface area contributed by atoms with Crippen molar-refractivity contribution in [2.24, 2.45) is 5.92 Å². The molecule has 1 fully saturated rings. The molecule has 1 aromatic rings. The topological polar surface area (TPSA) is 12.0 Å². The second kappa shape index (κ2) is 5.90. The first-order chi connectivity index (χ1) is 7.75. The van der Waals surface area contributed by atoms with Gasteiger partial charge in [0, 0.05) is 16.9 Å². The highest BCUT2D eigenvalue weighted by Crippen LogP contribution is 2.29. The summed E-state index contributed by atoms with van der Waals surface area (Å²) < 4.78 is 0.